The number of aliphatic hydroxyl groups excluding tert-OH is 2. The van der Waals surface area contributed by atoms with E-state index in [4.69, 9.17) is 0 Å². The van der Waals surface area contributed by atoms with Crippen molar-refractivity contribution in [3.05, 3.63) is 35.1 Å². The molecule has 1 heterocycles. The highest BCUT2D eigenvalue weighted by atomic mass is 19.1. The van der Waals surface area contributed by atoms with Crippen LogP contribution in [0.4, 0.5) is 4.39 Å². The van der Waals surface area contributed by atoms with Gasteiger partial charge in [0.1, 0.15) is 5.82 Å². The van der Waals surface area contributed by atoms with E-state index in [1.165, 1.54) is 19.2 Å². The quantitative estimate of drug-likeness (QED) is 0.754. The largest absolute Gasteiger partial charge is 0.389 e. The molecular formula is C17H25FN2O3. The SMILES string of the molecule is CNC(=O)c1cccc(F)c1[C@@H](CN1C[C@H](O)[C@@H](O)C1)C(C)C. The Kier molecular flexibility index (Phi) is 5.73. The lowest BCUT2D eigenvalue weighted by molar-refractivity contribution is 0.0572. The van der Waals surface area contributed by atoms with Crippen LogP contribution < -0.4 is 5.32 Å². The van der Waals surface area contributed by atoms with Gasteiger partial charge in [-0.1, -0.05) is 19.9 Å². The van der Waals surface area contributed by atoms with Crippen molar-refractivity contribution in [1.29, 1.82) is 0 Å². The van der Waals surface area contributed by atoms with Gasteiger partial charge >= 0.3 is 0 Å². The summed E-state index contributed by atoms with van der Waals surface area (Å²) in [5.41, 5.74) is 0.740. The summed E-state index contributed by atoms with van der Waals surface area (Å²) in [5, 5.41) is 21.9. The van der Waals surface area contributed by atoms with Gasteiger partial charge in [-0.3, -0.25) is 9.69 Å². The summed E-state index contributed by atoms with van der Waals surface area (Å²) in [5.74, 6) is -0.817. The smallest absolute Gasteiger partial charge is 0.251 e. The summed E-state index contributed by atoms with van der Waals surface area (Å²) < 4.78 is 14.5. The fourth-order valence-electron chi connectivity index (χ4n) is 3.16. The van der Waals surface area contributed by atoms with Gasteiger partial charge in [-0.15, -0.1) is 0 Å². The summed E-state index contributed by atoms with van der Waals surface area (Å²) in [7, 11) is 1.52. The first-order valence-corrected chi connectivity index (χ1v) is 7.94. The highest BCUT2D eigenvalue weighted by Crippen LogP contribution is 2.31. The van der Waals surface area contributed by atoms with Crippen molar-refractivity contribution < 1.29 is 19.4 Å². The number of likely N-dealkylation sites (tertiary alicyclic amines) is 1. The zero-order valence-electron chi connectivity index (χ0n) is 13.8. The van der Waals surface area contributed by atoms with Gasteiger partial charge in [0, 0.05) is 43.7 Å². The van der Waals surface area contributed by atoms with Crippen molar-refractivity contribution in [1.82, 2.24) is 10.2 Å². The molecule has 0 aliphatic carbocycles. The monoisotopic (exact) mass is 324 g/mol. The van der Waals surface area contributed by atoms with E-state index in [2.05, 4.69) is 5.32 Å². The summed E-state index contributed by atoms with van der Waals surface area (Å²) >= 11 is 0. The minimum atomic E-state index is -0.776. The molecule has 1 aromatic rings. The second-order valence-electron chi connectivity index (χ2n) is 6.48. The predicted molar refractivity (Wildman–Crippen MR) is 85.8 cm³/mol. The van der Waals surface area contributed by atoms with E-state index in [0.29, 0.717) is 30.8 Å². The average Bonchev–Trinajstić information content (AvgIpc) is 2.82. The van der Waals surface area contributed by atoms with E-state index < -0.39 is 18.0 Å². The lowest BCUT2D eigenvalue weighted by atomic mass is 9.84. The van der Waals surface area contributed by atoms with Crippen molar-refractivity contribution in [2.24, 2.45) is 5.92 Å². The molecule has 0 aromatic heterocycles. The maximum absolute atomic E-state index is 14.5. The third-order valence-corrected chi connectivity index (χ3v) is 4.49. The Bertz CT molecular complexity index is 555. The highest BCUT2D eigenvalue weighted by molar-refractivity contribution is 5.95. The van der Waals surface area contributed by atoms with Crippen LogP contribution in [0.25, 0.3) is 0 Å². The maximum Gasteiger partial charge on any atom is 0.251 e. The van der Waals surface area contributed by atoms with Crippen LogP contribution in [0, 0.1) is 11.7 Å². The van der Waals surface area contributed by atoms with Crippen molar-refractivity contribution in [3.63, 3.8) is 0 Å². The Morgan fingerprint density at radius 1 is 1.35 bits per heavy atom. The van der Waals surface area contributed by atoms with Gasteiger partial charge in [0.25, 0.3) is 5.91 Å². The molecule has 0 saturated carbocycles. The third-order valence-electron chi connectivity index (χ3n) is 4.49. The lowest BCUT2D eigenvalue weighted by Crippen LogP contribution is -2.32. The number of aliphatic hydroxyl groups is 2. The number of nitrogens with one attached hydrogen (secondary N) is 1. The van der Waals surface area contributed by atoms with E-state index in [0.717, 1.165) is 0 Å². The van der Waals surface area contributed by atoms with E-state index in [1.807, 2.05) is 18.7 Å². The maximum atomic E-state index is 14.5. The molecule has 3 N–H and O–H groups in total. The molecule has 23 heavy (non-hydrogen) atoms. The normalized spacial score (nSPS) is 23.3. The van der Waals surface area contributed by atoms with Crippen molar-refractivity contribution in [2.45, 2.75) is 32.0 Å². The van der Waals surface area contributed by atoms with E-state index in [9.17, 15) is 19.4 Å². The molecule has 0 unspecified atom stereocenters. The van der Waals surface area contributed by atoms with Crippen molar-refractivity contribution >= 4 is 5.91 Å². The molecule has 0 bridgehead atoms. The van der Waals surface area contributed by atoms with Crippen LogP contribution in [-0.2, 0) is 0 Å². The second kappa shape index (κ2) is 7.38. The third kappa shape index (κ3) is 3.88. The van der Waals surface area contributed by atoms with E-state index in [-0.39, 0.29) is 17.7 Å². The molecule has 3 atom stereocenters. The van der Waals surface area contributed by atoms with Gasteiger partial charge in [0.05, 0.1) is 12.2 Å². The minimum absolute atomic E-state index is 0.102. The first kappa shape index (κ1) is 17.8. The number of carbonyl (C=O) groups excluding carboxylic acids is 1. The topological polar surface area (TPSA) is 72.8 Å². The van der Waals surface area contributed by atoms with Crippen LogP contribution in [0.1, 0.15) is 35.7 Å². The fraction of sp³-hybridized carbons (Fsp3) is 0.588. The van der Waals surface area contributed by atoms with Crippen LogP contribution in [0.15, 0.2) is 18.2 Å². The zero-order chi connectivity index (χ0) is 17.1. The number of rotatable bonds is 5. The Hall–Kier alpha value is -1.50. The number of benzene rings is 1. The molecule has 1 aromatic carbocycles. The summed E-state index contributed by atoms with van der Waals surface area (Å²) in [6.45, 7) is 5.15. The number of halogens is 1. The van der Waals surface area contributed by atoms with Gasteiger partial charge < -0.3 is 15.5 Å². The molecule has 1 aliphatic rings. The van der Waals surface area contributed by atoms with Crippen LogP contribution >= 0.6 is 0 Å². The Labute approximate surface area is 136 Å². The van der Waals surface area contributed by atoms with E-state index >= 15 is 0 Å². The average molecular weight is 324 g/mol. The summed E-state index contributed by atoms with van der Waals surface area (Å²) in [4.78, 5) is 14.0. The van der Waals surface area contributed by atoms with Gasteiger partial charge in [0.15, 0.2) is 0 Å². The molecule has 128 valence electrons. The molecule has 2 rings (SSSR count). The first-order chi connectivity index (χ1) is 10.8. The Balaban J connectivity index is 2.33. The zero-order valence-corrected chi connectivity index (χ0v) is 13.8. The standard InChI is InChI=1S/C17H25FN2O3/c1-10(2)12(7-20-8-14(21)15(22)9-20)16-11(17(23)19-3)5-4-6-13(16)18/h4-6,10,12,14-15,21-22H,7-9H2,1-3H3,(H,19,23)/t12-,14-,15-/m0/s1. The summed E-state index contributed by atoms with van der Waals surface area (Å²) in [6, 6.07) is 4.52. The van der Waals surface area contributed by atoms with Crippen LogP contribution in [0.3, 0.4) is 0 Å². The molecule has 5 nitrogen and oxygen atoms in total. The Morgan fingerprint density at radius 2 is 1.96 bits per heavy atom. The van der Waals surface area contributed by atoms with Crippen molar-refractivity contribution in [2.75, 3.05) is 26.7 Å². The van der Waals surface area contributed by atoms with Crippen LogP contribution in [-0.4, -0.2) is 59.9 Å². The van der Waals surface area contributed by atoms with E-state index in [1.54, 1.807) is 6.07 Å². The predicted octanol–water partition coefficient (Wildman–Crippen LogP) is 0.962. The number of hydrogen-bond donors (Lipinski definition) is 3. The molecule has 0 spiro atoms. The van der Waals surface area contributed by atoms with Gasteiger partial charge in [-0.25, -0.2) is 4.39 Å². The van der Waals surface area contributed by atoms with Gasteiger partial charge in [-0.2, -0.15) is 0 Å². The van der Waals surface area contributed by atoms with Crippen LogP contribution in [0.5, 0.6) is 0 Å². The molecule has 1 amide bonds. The summed E-state index contributed by atoms with van der Waals surface area (Å²) in [6.07, 6.45) is -1.55. The lowest BCUT2D eigenvalue weighted by Gasteiger charge is -2.28. The molecule has 0 radical (unpaired) electrons. The highest BCUT2D eigenvalue weighted by Gasteiger charge is 2.33. The first-order valence-electron chi connectivity index (χ1n) is 7.94. The molecule has 1 fully saturated rings. The molecule has 1 saturated heterocycles. The number of amides is 1. The molecule has 1 aliphatic heterocycles. The van der Waals surface area contributed by atoms with Gasteiger partial charge in [0.2, 0.25) is 0 Å². The number of nitrogens with zero attached hydrogens (tertiary/aromatic N) is 1. The Morgan fingerprint density at radius 3 is 2.48 bits per heavy atom. The number of β-amino-alcohol motifs (C(OH)–C–C–N with tert-alkyl or cyclic N) is 2. The van der Waals surface area contributed by atoms with Gasteiger partial charge in [-0.05, 0) is 18.1 Å². The second-order valence-corrected chi connectivity index (χ2v) is 6.48. The van der Waals surface area contributed by atoms with Crippen molar-refractivity contribution in [3.8, 4) is 0 Å². The number of carbonyl (C=O) groups is 1. The van der Waals surface area contributed by atoms with Crippen LogP contribution in [0.2, 0.25) is 0 Å². The minimum Gasteiger partial charge on any atom is -0.389 e. The molecule has 6 heteroatoms. The molecular weight excluding hydrogens is 299 g/mol. The number of hydrogen-bond acceptors (Lipinski definition) is 4. The fourth-order valence-corrected chi connectivity index (χ4v) is 3.16.